The summed E-state index contributed by atoms with van der Waals surface area (Å²) in [6.07, 6.45) is 4.21. The molecule has 1 aromatic heterocycles. The van der Waals surface area contributed by atoms with E-state index in [0.29, 0.717) is 6.42 Å². The van der Waals surface area contributed by atoms with E-state index >= 15 is 0 Å². The average molecular weight is 247 g/mol. The molecule has 1 unspecified atom stereocenters. The summed E-state index contributed by atoms with van der Waals surface area (Å²) in [6.45, 7) is 0. The minimum Gasteiger partial charge on any atom is -0.344 e. The highest BCUT2D eigenvalue weighted by atomic mass is 16.2. The van der Waals surface area contributed by atoms with Crippen molar-refractivity contribution in [2.24, 2.45) is 0 Å². The maximum absolute atomic E-state index is 11.6. The van der Waals surface area contributed by atoms with Gasteiger partial charge in [-0.05, 0) is 18.1 Å². The molecular weight excluding hydrogens is 234 g/mol. The number of imide groups is 1. The molecule has 0 spiro atoms. The second-order valence-corrected chi connectivity index (χ2v) is 4.10. The van der Waals surface area contributed by atoms with Crippen molar-refractivity contribution in [3.05, 3.63) is 30.1 Å². The minimum absolute atomic E-state index is 0.0253. The third kappa shape index (κ3) is 3.13. The maximum atomic E-state index is 11.6. The minimum atomic E-state index is -0.723. The number of rotatable bonds is 4. The number of carbonyl (C=O) groups is 3. The van der Waals surface area contributed by atoms with E-state index in [1.807, 2.05) is 6.07 Å². The van der Waals surface area contributed by atoms with Gasteiger partial charge in [-0.1, -0.05) is 6.07 Å². The van der Waals surface area contributed by atoms with E-state index in [1.54, 1.807) is 18.5 Å². The molecule has 1 aliphatic heterocycles. The van der Waals surface area contributed by atoms with Gasteiger partial charge in [0.05, 0.1) is 6.42 Å². The molecule has 0 bridgehead atoms. The number of carbonyl (C=O) groups excluding carboxylic acids is 3. The third-order valence-electron chi connectivity index (χ3n) is 2.67. The van der Waals surface area contributed by atoms with E-state index in [1.165, 1.54) is 0 Å². The van der Waals surface area contributed by atoms with E-state index in [9.17, 15) is 14.4 Å². The average Bonchev–Trinajstić information content (AvgIpc) is 2.67. The molecule has 0 aliphatic carbocycles. The summed E-state index contributed by atoms with van der Waals surface area (Å²) in [5.41, 5.74) is 0.958. The van der Waals surface area contributed by atoms with E-state index < -0.39 is 11.9 Å². The number of hydrogen-bond donors (Lipinski definition) is 2. The van der Waals surface area contributed by atoms with Gasteiger partial charge in [0.15, 0.2) is 0 Å². The van der Waals surface area contributed by atoms with E-state index in [0.717, 1.165) is 5.56 Å². The lowest BCUT2D eigenvalue weighted by atomic mass is 10.1. The second kappa shape index (κ2) is 5.39. The lowest BCUT2D eigenvalue weighted by Gasteiger charge is -2.08. The van der Waals surface area contributed by atoms with E-state index in [2.05, 4.69) is 15.6 Å². The molecule has 0 saturated carbocycles. The molecule has 18 heavy (non-hydrogen) atoms. The van der Waals surface area contributed by atoms with Crippen LogP contribution in [0.4, 0.5) is 0 Å². The molecule has 1 fully saturated rings. The summed E-state index contributed by atoms with van der Waals surface area (Å²) in [5, 5.41) is 4.68. The fourth-order valence-electron chi connectivity index (χ4n) is 1.74. The van der Waals surface area contributed by atoms with Gasteiger partial charge in [-0.3, -0.25) is 24.7 Å². The molecule has 2 heterocycles. The van der Waals surface area contributed by atoms with E-state index in [-0.39, 0.29) is 24.7 Å². The van der Waals surface area contributed by atoms with Gasteiger partial charge >= 0.3 is 0 Å². The highest BCUT2D eigenvalue weighted by Gasteiger charge is 2.31. The van der Waals surface area contributed by atoms with Crippen LogP contribution in [0.15, 0.2) is 24.5 Å². The Morgan fingerprint density at radius 3 is 2.94 bits per heavy atom. The summed E-state index contributed by atoms with van der Waals surface area (Å²) >= 11 is 0. The van der Waals surface area contributed by atoms with Gasteiger partial charge in [0.25, 0.3) is 0 Å². The zero-order chi connectivity index (χ0) is 13.0. The summed E-state index contributed by atoms with van der Waals surface area (Å²) in [4.78, 5) is 37.7. The molecule has 94 valence electrons. The standard InChI is InChI=1S/C12H13N3O3/c16-10(4-3-8-2-1-5-13-7-8)14-9-6-11(17)15-12(9)18/h1-2,5,7,9H,3-4,6H2,(H,14,16)(H,15,17,18). The first-order valence-electron chi connectivity index (χ1n) is 5.67. The molecule has 1 aliphatic rings. The van der Waals surface area contributed by atoms with Gasteiger partial charge in [0.1, 0.15) is 6.04 Å². The van der Waals surface area contributed by atoms with Gasteiger partial charge in [-0.15, -0.1) is 0 Å². The van der Waals surface area contributed by atoms with Crippen molar-refractivity contribution in [2.75, 3.05) is 0 Å². The van der Waals surface area contributed by atoms with Crippen molar-refractivity contribution in [3.8, 4) is 0 Å². The third-order valence-corrected chi connectivity index (χ3v) is 2.67. The lowest BCUT2D eigenvalue weighted by molar-refractivity contribution is -0.128. The zero-order valence-corrected chi connectivity index (χ0v) is 9.68. The molecule has 0 aromatic carbocycles. The summed E-state index contributed by atoms with van der Waals surface area (Å²) in [6, 6.07) is 2.96. The molecule has 2 rings (SSSR count). The number of nitrogens with one attached hydrogen (secondary N) is 2. The smallest absolute Gasteiger partial charge is 0.249 e. The van der Waals surface area contributed by atoms with Gasteiger partial charge in [-0.25, -0.2) is 0 Å². The second-order valence-electron chi connectivity index (χ2n) is 4.10. The fourth-order valence-corrected chi connectivity index (χ4v) is 1.74. The van der Waals surface area contributed by atoms with Crippen LogP contribution in [-0.4, -0.2) is 28.7 Å². The van der Waals surface area contributed by atoms with E-state index in [4.69, 9.17) is 0 Å². The van der Waals surface area contributed by atoms with Gasteiger partial charge in [-0.2, -0.15) is 0 Å². The van der Waals surface area contributed by atoms with Crippen molar-refractivity contribution in [2.45, 2.75) is 25.3 Å². The predicted octanol–water partition coefficient (Wildman–Crippen LogP) is -0.455. The summed E-state index contributed by atoms with van der Waals surface area (Å²) in [7, 11) is 0. The van der Waals surface area contributed by atoms with Crippen LogP contribution in [0.25, 0.3) is 0 Å². The topological polar surface area (TPSA) is 88.2 Å². The molecule has 1 saturated heterocycles. The normalized spacial score (nSPS) is 18.6. The zero-order valence-electron chi connectivity index (χ0n) is 9.68. The molecule has 1 atom stereocenters. The van der Waals surface area contributed by atoms with Crippen LogP contribution in [-0.2, 0) is 20.8 Å². The predicted molar refractivity (Wildman–Crippen MR) is 62.3 cm³/mol. The van der Waals surface area contributed by atoms with Crippen molar-refractivity contribution in [1.29, 1.82) is 0 Å². The summed E-state index contributed by atoms with van der Waals surface area (Å²) < 4.78 is 0. The SMILES string of the molecule is O=C1CC(NC(=O)CCc2cccnc2)C(=O)N1. The maximum Gasteiger partial charge on any atom is 0.249 e. The molecule has 2 N–H and O–H groups in total. The van der Waals surface area contributed by atoms with Crippen molar-refractivity contribution in [3.63, 3.8) is 0 Å². The first-order chi connectivity index (χ1) is 8.65. The number of aromatic nitrogens is 1. The fraction of sp³-hybridized carbons (Fsp3) is 0.333. The van der Waals surface area contributed by atoms with Crippen LogP contribution < -0.4 is 10.6 Å². The van der Waals surface area contributed by atoms with Crippen LogP contribution in [0, 0.1) is 0 Å². The Balaban J connectivity index is 1.79. The Bertz CT molecular complexity index is 473. The van der Waals surface area contributed by atoms with Crippen LogP contribution in [0.5, 0.6) is 0 Å². The number of hydrogen-bond acceptors (Lipinski definition) is 4. The Morgan fingerprint density at radius 1 is 1.50 bits per heavy atom. The lowest BCUT2D eigenvalue weighted by Crippen LogP contribution is -2.40. The number of nitrogens with zero attached hydrogens (tertiary/aromatic N) is 1. The van der Waals surface area contributed by atoms with Crippen LogP contribution in [0.3, 0.4) is 0 Å². The van der Waals surface area contributed by atoms with Crippen molar-refractivity contribution >= 4 is 17.7 Å². The van der Waals surface area contributed by atoms with Gasteiger partial charge in [0.2, 0.25) is 17.7 Å². The summed E-state index contributed by atoms with van der Waals surface area (Å²) in [5.74, 6) is -1.03. The molecular formula is C12H13N3O3. The van der Waals surface area contributed by atoms with Crippen molar-refractivity contribution < 1.29 is 14.4 Å². The Labute approximate surface area is 104 Å². The van der Waals surface area contributed by atoms with Gasteiger partial charge in [0, 0.05) is 18.8 Å². The number of aryl methyl sites for hydroxylation is 1. The molecule has 1 aromatic rings. The Morgan fingerprint density at radius 2 is 2.33 bits per heavy atom. The highest BCUT2D eigenvalue weighted by Crippen LogP contribution is 2.04. The largest absolute Gasteiger partial charge is 0.344 e. The Hall–Kier alpha value is -2.24. The number of amides is 3. The molecule has 6 nitrogen and oxygen atoms in total. The number of pyridine rings is 1. The van der Waals surface area contributed by atoms with Gasteiger partial charge < -0.3 is 5.32 Å². The van der Waals surface area contributed by atoms with Crippen LogP contribution in [0.1, 0.15) is 18.4 Å². The first-order valence-corrected chi connectivity index (χ1v) is 5.67. The molecule has 3 amide bonds. The monoisotopic (exact) mass is 247 g/mol. The molecule has 6 heteroatoms. The highest BCUT2D eigenvalue weighted by molar-refractivity contribution is 6.06. The quantitative estimate of drug-likeness (QED) is 0.705. The first kappa shape index (κ1) is 12.2. The molecule has 0 radical (unpaired) electrons. The van der Waals surface area contributed by atoms with Crippen LogP contribution >= 0.6 is 0 Å². The van der Waals surface area contributed by atoms with Crippen LogP contribution in [0.2, 0.25) is 0 Å². The Kier molecular flexibility index (Phi) is 3.66. The van der Waals surface area contributed by atoms with Crippen molar-refractivity contribution in [1.82, 2.24) is 15.6 Å².